The lowest BCUT2D eigenvalue weighted by atomic mass is 9.99. The van der Waals surface area contributed by atoms with Crippen molar-refractivity contribution < 1.29 is 4.74 Å². The van der Waals surface area contributed by atoms with E-state index >= 15 is 0 Å². The normalized spacial score (nSPS) is 12.3. The largest absolute Gasteiger partial charge is 0.496 e. The molecule has 0 aromatic heterocycles. The molecule has 0 heterocycles. The van der Waals surface area contributed by atoms with E-state index in [0.717, 1.165) is 18.8 Å². The van der Waals surface area contributed by atoms with Gasteiger partial charge in [0, 0.05) is 24.8 Å². The first-order valence-electron chi connectivity index (χ1n) is 6.30. The number of hydrogen-bond acceptors (Lipinski definition) is 3. The summed E-state index contributed by atoms with van der Waals surface area (Å²) in [6.07, 6.45) is 0. The summed E-state index contributed by atoms with van der Waals surface area (Å²) in [6.45, 7) is 9.09. The van der Waals surface area contributed by atoms with Crippen LogP contribution in [0.4, 0.5) is 5.69 Å². The molecule has 0 spiro atoms. The van der Waals surface area contributed by atoms with Gasteiger partial charge in [-0.2, -0.15) is 0 Å². The molecule has 3 nitrogen and oxygen atoms in total. The van der Waals surface area contributed by atoms with Crippen LogP contribution in [0, 0.1) is 0 Å². The predicted molar refractivity (Wildman–Crippen MR) is 74.0 cm³/mol. The molecule has 1 aromatic carbocycles. The molecule has 0 aliphatic rings. The topological polar surface area (TPSA) is 38.5 Å². The zero-order valence-electron chi connectivity index (χ0n) is 11.4. The molecule has 0 saturated carbocycles. The third-order valence-electron chi connectivity index (χ3n) is 3.23. The fraction of sp³-hybridized carbons (Fsp3) is 0.571. The van der Waals surface area contributed by atoms with E-state index in [4.69, 9.17) is 10.5 Å². The van der Waals surface area contributed by atoms with Crippen molar-refractivity contribution in [1.29, 1.82) is 0 Å². The molecule has 0 saturated heterocycles. The summed E-state index contributed by atoms with van der Waals surface area (Å²) in [5.41, 5.74) is 8.11. The number of rotatable bonds is 6. The molecule has 0 radical (unpaired) electrons. The lowest BCUT2D eigenvalue weighted by Crippen LogP contribution is -2.22. The van der Waals surface area contributed by atoms with E-state index in [2.05, 4.69) is 43.9 Å². The highest BCUT2D eigenvalue weighted by Crippen LogP contribution is 2.30. The van der Waals surface area contributed by atoms with E-state index in [9.17, 15) is 0 Å². The first-order chi connectivity index (χ1) is 8.17. The highest BCUT2D eigenvalue weighted by Gasteiger charge is 2.12. The molecule has 1 aromatic rings. The molecule has 3 heteroatoms. The van der Waals surface area contributed by atoms with E-state index < -0.39 is 0 Å². The first kappa shape index (κ1) is 13.8. The molecule has 0 amide bonds. The Morgan fingerprint density at radius 3 is 2.41 bits per heavy atom. The number of ether oxygens (including phenoxy) is 1. The molecule has 96 valence electrons. The zero-order chi connectivity index (χ0) is 12.8. The number of nitrogens with zero attached hydrogens (tertiary/aromatic N) is 1. The maximum absolute atomic E-state index is 5.71. The second-order valence-corrected chi connectivity index (χ2v) is 4.24. The van der Waals surface area contributed by atoms with Crippen molar-refractivity contribution in [2.45, 2.75) is 26.7 Å². The van der Waals surface area contributed by atoms with Crippen LogP contribution in [-0.2, 0) is 0 Å². The van der Waals surface area contributed by atoms with Gasteiger partial charge in [-0.25, -0.2) is 0 Å². The quantitative estimate of drug-likeness (QED) is 0.825. The maximum Gasteiger partial charge on any atom is 0.124 e. The Morgan fingerprint density at radius 1 is 1.29 bits per heavy atom. The number of nitrogens with two attached hydrogens (primary N) is 1. The van der Waals surface area contributed by atoms with Crippen molar-refractivity contribution >= 4 is 5.69 Å². The number of anilines is 1. The van der Waals surface area contributed by atoms with Gasteiger partial charge >= 0.3 is 0 Å². The van der Waals surface area contributed by atoms with Crippen LogP contribution in [0.5, 0.6) is 5.75 Å². The van der Waals surface area contributed by atoms with Gasteiger partial charge in [0.25, 0.3) is 0 Å². The molecule has 0 aliphatic carbocycles. The van der Waals surface area contributed by atoms with Crippen LogP contribution in [0.1, 0.15) is 32.3 Å². The van der Waals surface area contributed by atoms with Crippen molar-refractivity contribution in [1.82, 2.24) is 0 Å². The first-order valence-corrected chi connectivity index (χ1v) is 6.30. The Hall–Kier alpha value is -1.22. The summed E-state index contributed by atoms with van der Waals surface area (Å²) in [7, 11) is 1.72. The molecule has 0 bridgehead atoms. The summed E-state index contributed by atoms with van der Waals surface area (Å²) < 4.78 is 5.47. The van der Waals surface area contributed by atoms with Gasteiger partial charge in [0.05, 0.1) is 7.11 Å². The van der Waals surface area contributed by atoms with Gasteiger partial charge in [0.2, 0.25) is 0 Å². The van der Waals surface area contributed by atoms with Crippen LogP contribution in [0.2, 0.25) is 0 Å². The zero-order valence-corrected chi connectivity index (χ0v) is 11.4. The third kappa shape index (κ3) is 3.13. The van der Waals surface area contributed by atoms with Gasteiger partial charge in [-0.1, -0.05) is 13.0 Å². The standard InChI is InChI=1S/C14H24N2O/c1-5-16(6-2)12-7-8-13(11(3)10-15)14(9-12)17-4/h7-9,11H,5-6,10,15H2,1-4H3. The van der Waals surface area contributed by atoms with Crippen LogP contribution in [0.25, 0.3) is 0 Å². The molecule has 1 rings (SSSR count). The second-order valence-electron chi connectivity index (χ2n) is 4.24. The number of methoxy groups -OCH3 is 1. The van der Waals surface area contributed by atoms with Crippen LogP contribution in [0.3, 0.4) is 0 Å². The number of benzene rings is 1. The van der Waals surface area contributed by atoms with Crippen molar-refractivity contribution in [3.63, 3.8) is 0 Å². The fourth-order valence-corrected chi connectivity index (χ4v) is 2.02. The third-order valence-corrected chi connectivity index (χ3v) is 3.23. The summed E-state index contributed by atoms with van der Waals surface area (Å²) in [6, 6.07) is 6.38. The lowest BCUT2D eigenvalue weighted by molar-refractivity contribution is 0.406. The minimum atomic E-state index is 0.329. The van der Waals surface area contributed by atoms with Gasteiger partial charge in [0.1, 0.15) is 5.75 Å². The molecule has 2 N–H and O–H groups in total. The molecule has 17 heavy (non-hydrogen) atoms. The summed E-state index contributed by atoms with van der Waals surface area (Å²) in [5, 5.41) is 0. The highest BCUT2D eigenvalue weighted by atomic mass is 16.5. The Balaban J connectivity index is 3.07. The highest BCUT2D eigenvalue weighted by molar-refractivity contribution is 5.54. The Morgan fingerprint density at radius 2 is 1.94 bits per heavy atom. The average molecular weight is 236 g/mol. The van der Waals surface area contributed by atoms with Crippen LogP contribution < -0.4 is 15.4 Å². The smallest absolute Gasteiger partial charge is 0.124 e. The fourth-order valence-electron chi connectivity index (χ4n) is 2.02. The summed E-state index contributed by atoms with van der Waals surface area (Å²) in [4.78, 5) is 2.30. The van der Waals surface area contributed by atoms with Gasteiger partial charge < -0.3 is 15.4 Å². The van der Waals surface area contributed by atoms with E-state index in [-0.39, 0.29) is 0 Å². The van der Waals surface area contributed by atoms with Gasteiger partial charge in [-0.05, 0) is 37.9 Å². The predicted octanol–water partition coefficient (Wildman–Crippen LogP) is 2.60. The molecule has 0 fully saturated rings. The van der Waals surface area contributed by atoms with Crippen molar-refractivity contribution in [3.8, 4) is 5.75 Å². The Kier molecular flexibility index (Phi) is 5.29. The van der Waals surface area contributed by atoms with Crippen LogP contribution in [-0.4, -0.2) is 26.7 Å². The minimum Gasteiger partial charge on any atom is -0.496 e. The molecule has 1 atom stereocenters. The summed E-state index contributed by atoms with van der Waals surface area (Å²) >= 11 is 0. The number of hydrogen-bond donors (Lipinski definition) is 1. The van der Waals surface area contributed by atoms with Crippen molar-refractivity contribution in [2.75, 3.05) is 31.6 Å². The van der Waals surface area contributed by atoms with Crippen LogP contribution in [0.15, 0.2) is 18.2 Å². The van der Waals surface area contributed by atoms with E-state index in [1.165, 1.54) is 11.3 Å². The minimum absolute atomic E-state index is 0.329. The molecular formula is C14H24N2O. The Bertz CT molecular complexity index is 348. The van der Waals surface area contributed by atoms with E-state index in [1.807, 2.05) is 0 Å². The van der Waals surface area contributed by atoms with E-state index in [0.29, 0.717) is 12.5 Å². The van der Waals surface area contributed by atoms with E-state index in [1.54, 1.807) is 7.11 Å². The average Bonchev–Trinajstić information content (AvgIpc) is 2.39. The second kappa shape index (κ2) is 6.50. The van der Waals surface area contributed by atoms with Crippen molar-refractivity contribution in [2.24, 2.45) is 5.73 Å². The maximum atomic E-state index is 5.71. The molecule has 0 aliphatic heterocycles. The summed E-state index contributed by atoms with van der Waals surface area (Å²) in [5.74, 6) is 1.27. The van der Waals surface area contributed by atoms with Crippen LogP contribution >= 0.6 is 0 Å². The lowest BCUT2D eigenvalue weighted by Gasteiger charge is -2.23. The van der Waals surface area contributed by atoms with Gasteiger partial charge in [-0.15, -0.1) is 0 Å². The van der Waals surface area contributed by atoms with Gasteiger partial charge in [0.15, 0.2) is 0 Å². The SMILES string of the molecule is CCN(CC)c1ccc(C(C)CN)c(OC)c1. The monoisotopic (exact) mass is 236 g/mol. The van der Waals surface area contributed by atoms with Crippen molar-refractivity contribution in [3.05, 3.63) is 23.8 Å². The molecule has 1 unspecified atom stereocenters. The Labute approximate surface area is 105 Å². The van der Waals surface area contributed by atoms with Gasteiger partial charge in [-0.3, -0.25) is 0 Å². The molecular weight excluding hydrogens is 212 g/mol.